The highest BCUT2D eigenvalue weighted by Crippen LogP contribution is 2.15. The maximum Gasteiger partial charge on any atom is 0.228 e. The van der Waals surface area contributed by atoms with Crippen LogP contribution in [0.1, 0.15) is 6.42 Å². The minimum Gasteiger partial charge on any atom is -0.395 e. The molecule has 1 rings (SSSR count). The predicted octanol–water partition coefficient (Wildman–Crippen LogP) is -0.510. The molecule has 1 aliphatic heterocycles. The molecule has 1 saturated heterocycles. The standard InChI is InChI=1S/C10H19NO4/c1-14-7-4-11(3-5-12)10(13)9-2-6-15-8-9/h9,12H,2-8H2,1H3. The van der Waals surface area contributed by atoms with Crippen LogP contribution < -0.4 is 0 Å². The van der Waals surface area contributed by atoms with Crippen molar-refractivity contribution < 1.29 is 19.4 Å². The van der Waals surface area contributed by atoms with E-state index in [-0.39, 0.29) is 18.4 Å². The summed E-state index contributed by atoms with van der Waals surface area (Å²) in [6.07, 6.45) is 0.785. The smallest absolute Gasteiger partial charge is 0.228 e. The number of aliphatic hydroxyl groups is 1. The first-order chi connectivity index (χ1) is 7.29. The van der Waals surface area contributed by atoms with Crippen molar-refractivity contribution in [1.29, 1.82) is 0 Å². The van der Waals surface area contributed by atoms with Gasteiger partial charge in [-0.1, -0.05) is 0 Å². The van der Waals surface area contributed by atoms with Crippen molar-refractivity contribution in [2.75, 3.05) is 46.6 Å². The molecule has 0 saturated carbocycles. The molecule has 0 aromatic heterocycles. The normalized spacial score (nSPS) is 20.5. The van der Waals surface area contributed by atoms with E-state index in [0.717, 1.165) is 6.42 Å². The second kappa shape index (κ2) is 6.76. The molecule has 0 radical (unpaired) electrons. The quantitative estimate of drug-likeness (QED) is 0.651. The Labute approximate surface area is 90.0 Å². The molecule has 1 aliphatic rings. The van der Waals surface area contributed by atoms with Gasteiger partial charge in [-0.05, 0) is 6.42 Å². The lowest BCUT2D eigenvalue weighted by atomic mass is 10.1. The van der Waals surface area contributed by atoms with Crippen molar-refractivity contribution in [2.45, 2.75) is 6.42 Å². The van der Waals surface area contributed by atoms with Gasteiger partial charge < -0.3 is 19.5 Å². The Balaban J connectivity index is 2.41. The van der Waals surface area contributed by atoms with Gasteiger partial charge in [-0.2, -0.15) is 0 Å². The third-order valence-corrected chi connectivity index (χ3v) is 2.53. The Morgan fingerprint density at radius 1 is 1.60 bits per heavy atom. The molecule has 0 aliphatic carbocycles. The number of nitrogens with zero attached hydrogens (tertiary/aromatic N) is 1. The molecule has 0 aromatic rings. The van der Waals surface area contributed by atoms with E-state index < -0.39 is 0 Å². The summed E-state index contributed by atoms with van der Waals surface area (Å²) in [6.45, 7) is 2.56. The first kappa shape index (κ1) is 12.4. The molecule has 5 nitrogen and oxygen atoms in total. The lowest BCUT2D eigenvalue weighted by molar-refractivity contribution is -0.136. The fourth-order valence-electron chi connectivity index (χ4n) is 1.64. The summed E-state index contributed by atoms with van der Waals surface area (Å²) in [5, 5.41) is 8.86. The number of methoxy groups -OCH3 is 1. The molecule has 0 spiro atoms. The zero-order chi connectivity index (χ0) is 11.1. The summed E-state index contributed by atoms with van der Waals surface area (Å²) >= 11 is 0. The Kier molecular flexibility index (Phi) is 5.60. The molecule has 88 valence electrons. The monoisotopic (exact) mass is 217 g/mol. The van der Waals surface area contributed by atoms with E-state index >= 15 is 0 Å². The maximum atomic E-state index is 11.9. The summed E-state index contributed by atoms with van der Waals surface area (Å²) in [6, 6.07) is 0. The van der Waals surface area contributed by atoms with E-state index in [2.05, 4.69) is 0 Å². The average molecular weight is 217 g/mol. The van der Waals surface area contributed by atoms with E-state index in [4.69, 9.17) is 14.6 Å². The topological polar surface area (TPSA) is 59.0 Å². The summed E-state index contributed by atoms with van der Waals surface area (Å²) < 4.78 is 10.1. The van der Waals surface area contributed by atoms with Crippen molar-refractivity contribution in [2.24, 2.45) is 5.92 Å². The van der Waals surface area contributed by atoms with E-state index in [9.17, 15) is 4.79 Å². The Morgan fingerprint density at radius 3 is 2.93 bits per heavy atom. The van der Waals surface area contributed by atoms with E-state index in [1.54, 1.807) is 12.0 Å². The fraction of sp³-hybridized carbons (Fsp3) is 0.900. The van der Waals surface area contributed by atoms with Crippen LogP contribution in [0.25, 0.3) is 0 Å². The Morgan fingerprint density at radius 2 is 2.40 bits per heavy atom. The fourth-order valence-corrected chi connectivity index (χ4v) is 1.64. The average Bonchev–Trinajstić information content (AvgIpc) is 2.76. The van der Waals surface area contributed by atoms with Crippen LogP contribution in [0.3, 0.4) is 0 Å². The van der Waals surface area contributed by atoms with Crippen molar-refractivity contribution in [1.82, 2.24) is 4.90 Å². The summed E-state index contributed by atoms with van der Waals surface area (Å²) in [5.74, 6) is 0.0343. The number of rotatable bonds is 6. The summed E-state index contributed by atoms with van der Waals surface area (Å²) in [5.41, 5.74) is 0. The second-order valence-electron chi connectivity index (χ2n) is 3.60. The van der Waals surface area contributed by atoms with Crippen LogP contribution in [0, 0.1) is 5.92 Å². The minimum absolute atomic E-state index is 0.0109. The number of carbonyl (C=O) groups excluding carboxylic acids is 1. The zero-order valence-corrected chi connectivity index (χ0v) is 9.15. The van der Waals surface area contributed by atoms with E-state index in [1.165, 1.54) is 0 Å². The van der Waals surface area contributed by atoms with Gasteiger partial charge in [-0.3, -0.25) is 4.79 Å². The highest BCUT2D eigenvalue weighted by atomic mass is 16.5. The number of hydrogen-bond acceptors (Lipinski definition) is 4. The van der Waals surface area contributed by atoms with Crippen LogP contribution in [-0.2, 0) is 14.3 Å². The van der Waals surface area contributed by atoms with Crippen molar-refractivity contribution in [3.63, 3.8) is 0 Å². The molecular weight excluding hydrogens is 198 g/mol. The lowest BCUT2D eigenvalue weighted by Crippen LogP contribution is -2.40. The largest absolute Gasteiger partial charge is 0.395 e. The first-order valence-corrected chi connectivity index (χ1v) is 5.26. The van der Waals surface area contributed by atoms with Crippen molar-refractivity contribution in [3.8, 4) is 0 Å². The number of amides is 1. The SMILES string of the molecule is COCCN(CCO)C(=O)C1CCOC1. The number of ether oxygens (including phenoxy) is 2. The van der Waals surface area contributed by atoms with Gasteiger partial charge in [-0.15, -0.1) is 0 Å². The number of hydrogen-bond donors (Lipinski definition) is 1. The third-order valence-electron chi connectivity index (χ3n) is 2.53. The molecule has 1 unspecified atom stereocenters. The first-order valence-electron chi connectivity index (χ1n) is 5.26. The van der Waals surface area contributed by atoms with Crippen molar-refractivity contribution in [3.05, 3.63) is 0 Å². The molecule has 1 N–H and O–H groups in total. The summed E-state index contributed by atoms with van der Waals surface area (Å²) in [4.78, 5) is 13.6. The molecule has 15 heavy (non-hydrogen) atoms. The van der Waals surface area contributed by atoms with Gasteiger partial charge in [0.1, 0.15) is 0 Å². The zero-order valence-electron chi connectivity index (χ0n) is 9.15. The van der Waals surface area contributed by atoms with Gasteiger partial charge in [-0.25, -0.2) is 0 Å². The van der Waals surface area contributed by atoms with E-state index in [1.807, 2.05) is 0 Å². The van der Waals surface area contributed by atoms with Gasteiger partial charge in [0.15, 0.2) is 0 Å². The Hall–Kier alpha value is -0.650. The molecule has 0 aromatic carbocycles. The minimum atomic E-state index is -0.0339. The number of carbonyl (C=O) groups is 1. The van der Waals surface area contributed by atoms with E-state index in [0.29, 0.717) is 32.9 Å². The highest BCUT2D eigenvalue weighted by Gasteiger charge is 2.27. The molecule has 5 heteroatoms. The van der Waals surface area contributed by atoms with Crippen LogP contribution in [0.5, 0.6) is 0 Å². The maximum absolute atomic E-state index is 11.9. The number of aliphatic hydroxyl groups excluding tert-OH is 1. The van der Waals surface area contributed by atoms with Crippen LogP contribution in [0.15, 0.2) is 0 Å². The Bertz CT molecular complexity index is 192. The summed E-state index contributed by atoms with van der Waals surface area (Å²) in [7, 11) is 1.60. The molecule has 1 heterocycles. The molecule has 0 bridgehead atoms. The van der Waals surface area contributed by atoms with Crippen LogP contribution >= 0.6 is 0 Å². The molecule has 1 atom stereocenters. The predicted molar refractivity (Wildman–Crippen MR) is 54.5 cm³/mol. The van der Waals surface area contributed by atoms with Gasteiger partial charge in [0.2, 0.25) is 5.91 Å². The van der Waals surface area contributed by atoms with Crippen molar-refractivity contribution >= 4 is 5.91 Å². The van der Waals surface area contributed by atoms with Gasteiger partial charge in [0.05, 0.1) is 25.7 Å². The second-order valence-corrected chi connectivity index (χ2v) is 3.60. The van der Waals surface area contributed by atoms with Crippen LogP contribution in [0.2, 0.25) is 0 Å². The van der Waals surface area contributed by atoms with Crippen LogP contribution in [-0.4, -0.2) is 62.5 Å². The molecular formula is C10H19NO4. The van der Waals surface area contributed by atoms with Crippen LogP contribution in [0.4, 0.5) is 0 Å². The van der Waals surface area contributed by atoms with Gasteiger partial charge >= 0.3 is 0 Å². The third kappa shape index (κ3) is 3.77. The molecule has 1 fully saturated rings. The van der Waals surface area contributed by atoms with Gasteiger partial charge in [0, 0.05) is 26.8 Å². The lowest BCUT2D eigenvalue weighted by Gasteiger charge is -2.23. The van der Waals surface area contributed by atoms with Gasteiger partial charge in [0.25, 0.3) is 0 Å². The highest BCUT2D eigenvalue weighted by molar-refractivity contribution is 5.79. The molecule has 1 amide bonds.